The van der Waals surface area contributed by atoms with Crippen molar-refractivity contribution < 1.29 is 4.74 Å². The number of nitrogen functional groups attached to an aromatic ring is 1. The molecule has 1 aromatic rings. The van der Waals surface area contributed by atoms with E-state index in [1.807, 2.05) is 12.1 Å². The van der Waals surface area contributed by atoms with Crippen LogP contribution in [0.2, 0.25) is 0 Å². The highest BCUT2D eigenvalue weighted by Gasteiger charge is 2.23. The van der Waals surface area contributed by atoms with E-state index in [0.29, 0.717) is 36.1 Å². The number of rotatable bonds is 5. The van der Waals surface area contributed by atoms with Crippen molar-refractivity contribution in [1.82, 2.24) is 4.98 Å². The average Bonchev–Trinajstić information content (AvgIpc) is 2.75. The summed E-state index contributed by atoms with van der Waals surface area (Å²) < 4.78 is 5.65. The number of nitrogens with one attached hydrogen (secondary N) is 1. The summed E-state index contributed by atoms with van der Waals surface area (Å²) in [4.78, 5) is 4.48. The van der Waals surface area contributed by atoms with E-state index in [1.54, 1.807) is 0 Å². The molecule has 0 amide bonds. The molecular weight excluding hydrogens is 238 g/mol. The number of aromatic nitrogens is 1. The van der Waals surface area contributed by atoms with Crippen molar-refractivity contribution in [2.45, 2.75) is 46.1 Å². The molecule has 0 bridgehead atoms. The Morgan fingerprint density at radius 3 is 2.84 bits per heavy atom. The third-order valence-electron chi connectivity index (χ3n) is 3.64. The van der Waals surface area contributed by atoms with E-state index in [-0.39, 0.29) is 0 Å². The second kappa shape index (κ2) is 6.13. The van der Waals surface area contributed by atoms with Crippen LogP contribution < -0.4 is 15.8 Å². The fraction of sp³-hybridized carbons (Fsp3) is 0.667. The van der Waals surface area contributed by atoms with Crippen LogP contribution in [0.4, 0.5) is 11.5 Å². The van der Waals surface area contributed by atoms with Crippen LogP contribution in [-0.4, -0.2) is 17.6 Å². The fourth-order valence-electron chi connectivity index (χ4n) is 2.44. The Hall–Kier alpha value is -1.45. The maximum absolute atomic E-state index is 5.90. The van der Waals surface area contributed by atoms with Crippen molar-refractivity contribution in [3.63, 3.8) is 0 Å². The minimum atomic E-state index is 0.465. The molecule has 1 aliphatic rings. The predicted octanol–water partition coefficient (Wildman–Crippen LogP) is 3.30. The molecule has 2 atom stereocenters. The van der Waals surface area contributed by atoms with Crippen molar-refractivity contribution in [3.05, 3.63) is 12.1 Å². The Morgan fingerprint density at radius 2 is 2.21 bits per heavy atom. The second-order valence-electron chi connectivity index (χ2n) is 5.95. The SMILES string of the molecule is CC(C)COc1nc(NC2CCCC2C)ccc1N. The van der Waals surface area contributed by atoms with Crippen LogP contribution in [-0.2, 0) is 0 Å². The average molecular weight is 263 g/mol. The lowest BCUT2D eigenvalue weighted by Crippen LogP contribution is -2.22. The Morgan fingerprint density at radius 1 is 1.42 bits per heavy atom. The summed E-state index contributed by atoms with van der Waals surface area (Å²) in [5.74, 6) is 2.59. The highest BCUT2D eigenvalue weighted by atomic mass is 16.5. The van der Waals surface area contributed by atoms with Gasteiger partial charge in [0, 0.05) is 6.04 Å². The highest BCUT2D eigenvalue weighted by Crippen LogP contribution is 2.29. The van der Waals surface area contributed by atoms with Gasteiger partial charge in [-0.2, -0.15) is 4.98 Å². The smallest absolute Gasteiger partial charge is 0.239 e. The number of pyridine rings is 1. The first-order valence-electron chi connectivity index (χ1n) is 7.22. The topological polar surface area (TPSA) is 60.2 Å². The Kier molecular flexibility index (Phi) is 4.51. The zero-order valence-electron chi connectivity index (χ0n) is 12.1. The molecule has 0 spiro atoms. The maximum atomic E-state index is 5.90. The Labute approximate surface area is 115 Å². The lowest BCUT2D eigenvalue weighted by molar-refractivity contribution is 0.263. The zero-order chi connectivity index (χ0) is 13.8. The molecule has 2 unspecified atom stereocenters. The monoisotopic (exact) mass is 263 g/mol. The molecule has 4 nitrogen and oxygen atoms in total. The third kappa shape index (κ3) is 3.75. The molecule has 19 heavy (non-hydrogen) atoms. The van der Waals surface area contributed by atoms with Gasteiger partial charge in [-0.15, -0.1) is 0 Å². The molecule has 1 saturated carbocycles. The quantitative estimate of drug-likeness (QED) is 0.855. The fourth-order valence-corrected chi connectivity index (χ4v) is 2.44. The van der Waals surface area contributed by atoms with Crippen LogP contribution in [0.5, 0.6) is 5.88 Å². The van der Waals surface area contributed by atoms with Gasteiger partial charge in [-0.05, 0) is 36.8 Å². The van der Waals surface area contributed by atoms with Crippen molar-refractivity contribution >= 4 is 11.5 Å². The molecule has 3 N–H and O–H groups in total. The molecular formula is C15H25N3O. The van der Waals surface area contributed by atoms with Crippen molar-refractivity contribution in [1.29, 1.82) is 0 Å². The standard InChI is InChI=1S/C15H25N3O/c1-10(2)9-19-15-12(16)7-8-14(18-15)17-13-6-4-5-11(13)3/h7-8,10-11,13H,4-6,9,16H2,1-3H3,(H,17,18). The Bertz CT molecular complexity index is 420. The molecule has 0 aromatic carbocycles. The van der Waals surface area contributed by atoms with Gasteiger partial charge >= 0.3 is 0 Å². The molecule has 106 valence electrons. The highest BCUT2D eigenvalue weighted by molar-refractivity contribution is 5.53. The summed E-state index contributed by atoms with van der Waals surface area (Å²) in [7, 11) is 0. The van der Waals surface area contributed by atoms with Crippen molar-refractivity contribution in [2.75, 3.05) is 17.7 Å². The van der Waals surface area contributed by atoms with E-state index in [9.17, 15) is 0 Å². The predicted molar refractivity (Wildman–Crippen MR) is 79.4 cm³/mol. The minimum Gasteiger partial charge on any atom is -0.476 e. The van der Waals surface area contributed by atoms with Gasteiger partial charge in [-0.3, -0.25) is 0 Å². The number of hydrogen-bond donors (Lipinski definition) is 2. The first-order valence-corrected chi connectivity index (χ1v) is 7.22. The molecule has 1 heterocycles. The first-order chi connectivity index (χ1) is 9.06. The van der Waals surface area contributed by atoms with Crippen LogP contribution in [0.15, 0.2) is 12.1 Å². The maximum Gasteiger partial charge on any atom is 0.239 e. The Balaban J connectivity index is 2.03. The number of nitrogens with two attached hydrogens (primary N) is 1. The van der Waals surface area contributed by atoms with Crippen LogP contribution in [0.25, 0.3) is 0 Å². The van der Waals surface area contributed by atoms with Gasteiger partial charge in [0.15, 0.2) is 0 Å². The van der Waals surface area contributed by atoms with Crippen LogP contribution in [0.1, 0.15) is 40.0 Å². The van der Waals surface area contributed by atoms with Gasteiger partial charge in [0.1, 0.15) is 5.82 Å². The molecule has 4 heteroatoms. The van der Waals surface area contributed by atoms with Gasteiger partial charge < -0.3 is 15.8 Å². The van der Waals surface area contributed by atoms with Gasteiger partial charge in [0.2, 0.25) is 5.88 Å². The number of nitrogens with zero attached hydrogens (tertiary/aromatic N) is 1. The molecule has 0 aliphatic heterocycles. The van der Waals surface area contributed by atoms with E-state index in [2.05, 4.69) is 31.1 Å². The summed E-state index contributed by atoms with van der Waals surface area (Å²) in [6.07, 6.45) is 3.81. The van der Waals surface area contributed by atoms with E-state index in [0.717, 1.165) is 5.82 Å². The van der Waals surface area contributed by atoms with Gasteiger partial charge in [0.05, 0.1) is 12.3 Å². The number of hydrogen-bond acceptors (Lipinski definition) is 4. The second-order valence-corrected chi connectivity index (χ2v) is 5.95. The molecule has 1 aliphatic carbocycles. The lowest BCUT2D eigenvalue weighted by Gasteiger charge is -2.19. The molecule has 2 rings (SSSR count). The molecule has 0 radical (unpaired) electrons. The van der Waals surface area contributed by atoms with E-state index in [1.165, 1.54) is 19.3 Å². The summed E-state index contributed by atoms with van der Waals surface area (Å²) >= 11 is 0. The summed E-state index contributed by atoms with van der Waals surface area (Å²) in [6, 6.07) is 4.32. The van der Waals surface area contributed by atoms with E-state index in [4.69, 9.17) is 10.5 Å². The number of ether oxygens (including phenoxy) is 1. The number of anilines is 2. The minimum absolute atomic E-state index is 0.465. The first kappa shape index (κ1) is 14.0. The van der Waals surface area contributed by atoms with Crippen LogP contribution >= 0.6 is 0 Å². The molecule has 1 aromatic heterocycles. The largest absolute Gasteiger partial charge is 0.476 e. The normalized spacial score (nSPS) is 22.7. The van der Waals surface area contributed by atoms with Gasteiger partial charge in [-0.1, -0.05) is 27.2 Å². The summed E-state index contributed by atoms with van der Waals surface area (Å²) in [6.45, 7) is 7.15. The van der Waals surface area contributed by atoms with Crippen LogP contribution in [0.3, 0.4) is 0 Å². The van der Waals surface area contributed by atoms with Crippen molar-refractivity contribution in [2.24, 2.45) is 11.8 Å². The van der Waals surface area contributed by atoms with Crippen molar-refractivity contribution in [3.8, 4) is 5.88 Å². The summed E-state index contributed by atoms with van der Waals surface area (Å²) in [5.41, 5.74) is 6.50. The third-order valence-corrected chi connectivity index (χ3v) is 3.64. The zero-order valence-corrected chi connectivity index (χ0v) is 12.1. The van der Waals surface area contributed by atoms with E-state index >= 15 is 0 Å². The van der Waals surface area contributed by atoms with Crippen LogP contribution in [0, 0.1) is 11.8 Å². The summed E-state index contributed by atoms with van der Waals surface area (Å²) in [5, 5.41) is 3.50. The van der Waals surface area contributed by atoms with Gasteiger partial charge in [-0.25, -0.2) is 0 Å². The van der Waals surface area contributed by atoms with Gasteiger partial charge in [0.25, 0.3) is 0 Å². The molecule has 0 saturated heterocycles. The van der Waals surface area contributed by atoms with E-state index < -0.39 is 0 Å². The molecule has 1 fully saturated rings. The lowest BCUT2D eigenvalue weighted by atomic mass is 10.1.